The molecule has 0 bridgehead atoms. The summed E-state index contributed by atoms with van der Waals surface area (Å²) in [6.45, 7) is 6.08. The normalized spacial score (nSPS) is 13.8. The summed E-state index contributed by atoms with van der Waals surface area (Å²) in [5.74, 6) is -1.22. The molecule has 0 aliphatic carbocycles. The fraction of sp³-hybridized carbons (Fsp3) is 0.451. The molecule has 422 valence electrons. The molecule has 1 atom stereocenters. The number of hydrogen-bond acceptors (Lipinski definition) is 6. The number of carbonyl (C=O) groups is 3. The maximum atomic E-state index is 12.8. The highest BCUT2D eigenvalue weighted by molar-refractivity contribution is 5.72. The summed E-state index contributed by atoms with van der Waals surface area (Å²) in [5.41, 5.74) is 0. The Labute approximate surface area is 470 Å². The van der Waals surface area contributed by atoms with E-state index in [9.17, 15) is 14.4 Å². The van der Waals surface area contributed by atoms with Crippen molar-refractivity contribution in [3.05, 3.63) is 219 Å². The number of carbonyl (C=O) groups excluding carboxylic acids is 3. The van der Waals surface area contributed by atoms with Crippen molar-refractivity contribution in [1.82, 2.24) is 0 Å². The van der Waals surface area contributed by atoms with Gasteiger partial charge in [0, 0.05) is 12.8 Å². The summed E-state index contributed by atoms with van der Waals surface area (Å²) in [7, 11) is 0. The highest BCUT2D eigenvalue weighted by Crippen LogP contribution is 2.09. The van der Waals surface area contributed by atoms with Crippen LogP contribution in [-0.4, -0.2) is 37.2 Å². The molecule has 0 heterocycles. The third kappa shape index (κ3) is 60.5. The molecule has 6 heteroatoms. The van der Waals surface area contributed by atoms with Crippen LogP contribution in [0.1, 0.15) is 188 Å². The maximum absolute atomic E-state index is 12.8. The van der Waals surface area contributed by atoms with Gasteiger partial charge in [0.15, 0.2) is 6.10 Å². The molecule has 6 nitrogen and oxygen atoms in total. The molecule has 0 N–H and O–H groups in total. The van der Waals surface area contributed by atoms with Gasteiger partial charge in [0.25, 0.3) is 0 Å². The Morgan fingerprint density at radius 3 is 0.831 bits per heavy atom. The minimum atomic E-state index is -0.882. The first-order valence-electron chi connectivity index (χ1n) is 29.2. The first-order chi connectivity index (χ1) is 38.0. The van der Waals surface area contributed by atoms with Gasteiger partial charge in [-0.2, -0.15) is 0 Å². The molecule has 0 spiro atoms. The smallest absolute Gasteiger partial charge is 0.309 e. The Kier molecular flexibility index (Phi) is 57.2. The van der Waals surface area contributed by atoms with Gasteiger partial charge in [-0.15, -0.1) is 0 Å². The zero-order chi connectivity index (χ0) is 55.7. The second kappa shape index (κ2) is 62.3. The lowest BCUT2D eigenvalue weighted by Gasteiger charge is -2.18. The van der Waals surface area contributed by atoms with Gasteiger partial charge in [0.2, 0.25) is 0 Å². The maximum Gasteiger partial charge on any atom is 0.309 e. The molecule has 0 aliphatic heterocycles. The quantitative estimate of drug-likeness (QED) is 0.0261. The van der Waals surface area contributed by atoms with Crippen molar-refractivity contribution in [1.29, 1.82) is 0 Å². The number of unbranched alkanes of at least 4 members (excludes halogenated alkanes) is 3. The fourth-order valence-corrected chi connectivity index (χ4v) is 6.74. The van der Waals surface area contributed by atoms with Crippen LogP contribution in [0.4, 0.5) is 0 Å². The lowest BCUT2D eigenvalue weighted by atomic mass is 10.2. The van der Waals surface area contributed by atoms with Gasteiger partial charge in [0.05, 0.1) is 6.42 Å². The van der Waals surface area contributed by atoms with Crippen molar-refractivity contribution in [2.24, 2.45) is 0 Å². The lowest BCUT2D eigenvalue weighted by Crippen LogP contribution is -2.30. The molecular weight excluding hydrogens is 949 g/mol. The third-order valence-corrected chi connectivity index (χ3v) is 11.0. The number of allylic oxidation sites excluding steroid dienone is 35. The van der Waals surface area contributed by atoms with Crippen LogP contribution in [0.15, 0.2) is 219 Å². The average molecular weight is 1050 g/mol. The van der Waals surface area contributed by atoms with E-state index >= 15 is 0 Å². The number of esters is 3. The molecule has 0 aromatic carbocycles. The monoisotopic (exact) mass is 1050 g/mol. The van der Waals surface area contributed by atoms with Gasteiger partial charge in [0.1, 0.15) is 13.2 Å². The first-order valence-corrected chi connectivity index (χ1v) is 29.2. The predicted octanol–water partition coefficient (Wildman–Crippen LogP) is 20.2. The van der Waals surface area contributed by atoms with Crippen molar-refractivity contribution in [2.45, 2.75) is 194 Å². The summed E-state index contributed by atoms with van der Waals surface area (Å²) >= 11 is 0. The van der Waals surface area contributed by atoms with Gasteiger partial charge in [-0.05, 0) is 148 Å². The summed E-state index contributed by atoms with van der Waals surface area (Å²) in [6, 6.07) is 0. The average Bonchev–Trinajstić information content (AvgIpc) is 3.43. The molecule has 77 heavy (non-hydrogen) atoms. The Morgan fingerprint density at radius 2 is 0.519 bits per heavy atom. The van der Waals surface area contributed by atoms with Crippen LogP contribution in [0.3, 0.4) is 0 Å². The van der Waals surface area contributed by atoms with Crippen LogP contribution in [0.5, 0.6) is 0 Å². The van der Waals surface area contributed by atoms with E-state index in [-0.39, 0.29) is 38.4 Å². The van der Waals surface area contributed by atoms with E-state index in [0.29, 0.717) is 19.3 Å². The lowest BCUT2D eigenvalue weighted by molar-refractivity contribution is -0.166. The zero-order valence-electron chi connectivity index (χ0n) is 48.1. The van der Waals surface area contributed by atoms with Gasteiger partial charge >= 0.3 is 17.9 Å². The summed E-state index contributed by atoms with van der Waals surface area (Å²) in [4.78, 5) is 38.1. The summed E-state index contributed by atoms with van der Waals surface area (Å²) in [6.07, 6.45) is 98.2. The molecule has 0 aromatic rings. The van der Waals surface area contributed by atoms with Gasteiger partial charge in [-0.25, -0.2) is 0 Å². The largest absolute Gasteiger partial charge is 0.462 e. The minimum absolute atomic E-state index is 0.0935. The van der Waals surface area contributed by atoms with E-state index in [4.69, 9.17) is 14.2 Å². The summed E-state index contributed by atoms with van der Waals surface area (Å²) in [5, 5.41) is 0. The van der Waals surface area contributed by atoms with Crippen LogP contribution >= 0.6 is 0 Å². The molecule has 0 rings (SSSR count). The minimum Gasteiger partial charge on any atom is -0.462 e. The molecule has 0 saturated carbocycles. The predicted molar refractivity (Wildman–Crippen MR) is 333 cm³/mol. The van der Waals surface area contributed by atoms with Crippen molar-refractivity contribution in [3.63, 3.8) is 0 Å². The van der Waals surface area contributed by atoms with E-state index in [1.165, 1.54) is 0 Å². The van der Waals surface area contributed by atoms with E-state index < -0.39 is 18.0 Å². The topological polar surface area (TPSA) is 78.9 Å². The zero-order valence-corrected chi connectivity index (χ0v) is 48.1. The standard InChI is InChI=1S/C71H102O6/c1-4-7-10-13-16-19-22-25-28-30-31-32-33-34-35-36-37-38-39-41-43-46-49-52-55-58-61-64-70(73)76-67-68(66-75-69(72)63-60-57-54-51-48-45-42-27-24-21-18-15-12-9-6-3)77-71(74)65-62-59-56-53-50-47-44-40-29-26-23-20-17-14-11-8-5-2/h7-12,16-21,25-29,31-32,34-35,37-38,41-44,47-49,51-53,56-57,60,68H,4-6,13-15,22-24,30,33,36,39-40,45-46,50,54-55,58-59,61-67H2,1-3H3/b10-7-,11-8-,12-9-,19-16-,20-17-,21-18-,28-25-,29-26-,32-31-,35-34-,38-37-,42-27-,43-41-,47-44-,51-48-,52-49-,56-53-,60-57-. The van der Waals surface area contributed by atoms with Crippen molar-refractivity contribution in [3.8, 4) is 0 Å². The molecule has 0 aromatic heterocycles. The van der Waals surface area contributed by atoms with Gasteiger partial charge in [-0.3, -0.25) is 14.4 Å². The van der Waals surface area contributed by atoms with E-state index in [1.807, 2.05) is 6.08 Å². The van der Waals surface area contributed by atoms with Crippen LogP contribution in [0.2, 0.25) is 0 Å². The summed E-state index contributed by atoms with van der Waals surface area (Å²) < 4.78 is 16.7. The van der Waals surface area contributed by atoms with Crippen LogP contribution < -0.4 is 0 Å². The van der Waals surface area contributed by atoms with Gasteiger partial charge in [-0.1, -0.05) is 240 Å². The highest BCUT2D eigenvalue weighted by Gasteiger charge is 2.19. The van der Waals surface area contributed by atoms with Crippen LogP contribution in [-0.2, 0) is 28.6 Å². The number of hydrogen-bond donors (Lipinski definition) is 0. The molecule has 0 saturated heterocycles. The third-order valence-electron chi connectivity index (χ3n) is 11.0. The second-order valence-electron chi connectivity index (χ2n) is 18.1. The second-order valence-corrected chi connectivity index (χ2v) is 18.1. The molecule has 0 fully saturated rings. The van der Waals surface area contributed by atoms with E-state index in [2.05, 4.69) is 227 Å². The van der Waals surface area contributed by atoms with Crippen LogP contribution in [0.25, 0.3) is 0 Å². The van der Waals surface area contributed by atoms with E-state index in [1.54, 1.807) is 6.08 Å². The molecule has 1 unspecified atom stereocenters. The Bertz CT molecular complexity index is 1980. The molecular formula is C71H102O6. The van der Waals surface area contributed by atoms with Gasteiger partial charge < -0.3 is 14.2 Å². The highest BCUT2D eigenvalue weighted by atomic mass is 16.6. The van der Waals surface area contributed by atoms with Crippen molar-refractivity contribution >= 4 is 17.9 Å². The van der Waals surface area contributed by atoms with Crippen molar-refractivity contribution < 1.29 is 28.6 Å². The molecule has 0 amide bonds. The Hall–Kier alpha value is -6.27. The molecule has 0 aliphatic rings. The first kappa shape index (κ1) is 70.7. The Balaban J connectivity index is 4.65. The number of ether oxygens (including phenoxy) is 3. The fourth-order valence-electron chi connectivity index (χ4n) is 6.74. The van der Waals surface area contributed by atoms with E-state index in [0.717, 1.165) is 128 Å². The van der Waals surface area contributed by atoms with Crippen LogP contribution in [0, 0.1) is 0 Å². The molecule has 0 radical (unpaired) electrons. The Morgan fingerprint density at radius 1 is 0.273 bits per heavy atom. The number of rotatable bonds is 49. The SMILES string of the molecule is CC/C=C\C/C=C\C/C=C\C/C=C\C/C=C\C/C=C\C/C=C\C/C=C\CCCCC(=O)OCC(COC(=O)C/C=C\C/C=C\C/C=C\C/C=C\C/C=C\CC)OC(=O)CCC/C=C\C/C=C\C/C=C\C/C=C\C/C=C\CC. The van der Waals surface area contributed by atoms with Crippen molar-refractivity contribution in [2.75, 3.05) is 13.2 Å².